The smallest absolute Gasteiger partial charge is 0.312 e. The molecule has 1 unspecified atom stereocenters. The molecule has 0 spiro atoms. The molecule has 0 aromatic heterocycles. The van der Waals surface area contributed by atoms with E-state index in [2.05, 4.69) is 17.4 Å². The van der Waals surface area contributed by atoms with Crippen molar-refractivity contribution in [1.82, 2.24) is 10.2 Å². The Morgan fingerprint density at radius 2 is 1.71 bits per heavy atom. The molecule has 0 bridgehead atoms. The van der Waals surface area contributed by atoms with Gasteiger partial charge in [-0.15, -0.1) is 0 Å². The van der Waals surface area contributed by atoms with Crippen molar-refractivity contribution in [1.29, 1.82) is 0 Å². The van der Waals surface area contributed by atoms with E-state index in [1.54, 1.807) is 0 Å². The van der Waals surface area contributed by atoms with Gasteiger partial charge >= 0.3 is 6.03 Å². The van der Waals surface area contributed by atoms with Gasteiger partial charge in [0.25, 0.3) is 0 Å². The van der Waals surface area contributed by atoms with E-state index in [1.165, 1.54) is 11.1 Å². The van der Waals surface area contributed by atoms with Gasteiger partial charge in [0, 0.05) is 13.1 Å². The lowest BCUT2D eigenvalue weighted by atomic mass is 9.98. The predicted octanol–water partition coefficient (Wildman–Crippen LogP) is 2.37. The summed E-state index contributed by atoms with van der Waals surface area (Å²) in [5, 5.41) is 2.68. The van der Waals surface area contributed by atoms with Crippen molar-refractivity contribution < 1.29 is 9.59 Å². The summed E-state index contributed by atoms with van der Waals surface area (Å²) in [4.78, 5) is 25.8. The third-order valence-corrected chi connectivity index (χ3v) is 4.38. The maximum absolute atomic E-state index is 12.7. The van der Waals surface area contributed by atoms with Gasteiger partial charge in [0.05, 0.1) is 12.5 Å². The first kappa shape index (κ1) is 16.1. The van der Waals surface area contributed by atoms with Gasteiger partial charge in [-0.05, 0) is 23.1 Å². The standard InChI is InChI=1S/C19H21N3O2/c20-19(24)21-17(15-7-2-1-3-8-15)12-18(23)22-11-10-14-6-4-5-9-16(14)13-22/h1-9,17H,10-13H2,(H3,20,21,24). The van der Waals surface area contributed by atoms with Crippen molar-refractivity contribution in [3.05, 3.63) is 71.3 Å². The van der Waals surface area contributed by atoms with Gasteiger partial charge < -0.3 is 16.0 Å². The number of benzene rings is 2. The summed E-state index contributed by atoms with van der Waals surface area (Å²) < 4.78 is 0. The molecule has 1 heterocycles. The molecular formula is C19H21N3O2. The number of hydrogen-bond acceptors (Lipinski definition) is 2. The molecule has 124 valence electrons. The van der Waals surface area contributed by atoms with E-state index in [1.807, 2.05) is 47.4 Å². The number of nitrogens with zero attached hydrogens (tertiary/aromatic N) is 1. The number of fused-ring (bicyclic) bond motifs is 1. The highest BCUT2D eigenvalue weighted by molar-refractivity contribution is 5.79. The lowest BCUT2D eigenvalue weighted by Gasteiger charge is -2.30. The second-order valence-electron chi connectivity index (χ2n) is 6.01. The minimum absolute atomic E-state index is 0.0205. The molecule has 0 aliphatic carbocycles. The van der Waals surface area contributed by atoms with E-state index in [0.717, 1.165) is 12.0 Å². The fraction of sp³-hybridized carbons (Fsp3) is 0.263. The van der Waals surface area contributed by atoms with Crippen LogP contribution in [0.5, 0.6) is 0 Å². The Balaban J connectivity index is 1.71. The van der Waals surface area contributed by atoms with Crippen LogP contribution in [0.25, 0.3) is 0 Å². The maximum Gasteiger partial charge on any atom is 0.312 e. The summed E-state index contributed by atoms with van der Waals surface area (Å²) in [5.74, 6) is 0.0205. The van der Waals surface area contributed by atoms with Crippen LogP contribution in [0.2, 0.25) is 0 Å². The molecule has 0 radical (unpaired) electrons. The Bertz CT molecular complexity index is 730. The number of nitrogens with one attached hydrogen (secondary N) is 1. The van der Waals surface area contributed by atoms with Crippen LogP contribution in [0, 0.1) is 0 Å². The molecule has 1 atom stereocenters. The van der Waals surface area contributed by atoms with Gasteiger partial charge in [-0.1, -0.05) is 54.6 Å². The van der Waals surface area contributed by atoms with Gasteiger partial charge in [0.15, 0.2) is 0 Å². The Morgan fingerprint density at radius 1 is 1.04 bits per heavy atom. The first-order valence-corrected chi connectivity index (χ1v) is 8.09. The number of urea groups is 1. The first-order valence-electron chi connectivity index (χ1n) is 8.09. The van der Waals surface area contributed by atoms with Crippen molar-refractivity contribution in [2.75, 3.05) is 6.54 Å². The highest BCUT2D eigenvalue weighted by Gasteiger charge is 2.24. The molecule has 3 N–H and O–H groups in total. The molecule has 0 fully saturated rings. The Kier molecular flexibility index (Phi) is 4.79. The summed E-state index contributed by atoms with van der Waals surface area (Å²) in [6.07, 6.45) is 1.07. The largest absolute Gasteiger partial charge is 0.352 e. The van der Waals surface area contributed by atoms with E-state index >= 15 is 0 Å². The van der Waals surface area contributed by atoms with Crippen LogP contribution >= 0.6 is 0 Å². The number of rotatable bonds is 4. The molecule has 1 aliphatic heterocycles. The normalized spacial score (nSPS) is 14.6. The monoisotopic (exact) mass is 323 g/mol. The quantitative estimate of drug-likeness (QED) is 0.906. The fourth-order valence-corrected chi connectivity index (χ4v) is 3.12. The molecule has 1 aliphatic rings. The van der Waals surface area contributed by atoms with Gasteiger partial charge in [0.1, 0.15) is 0 Å². The average Bonchev–Trinajstić information content (AvgIpc) is 2.61. The number of primary amides is 1. The third-order valence-electron chi connectivity index (χ3n) is 4.38. The molecule has 2 aromatic rings. The molecule has 5 nitrogen and oxygen atoms in total. The van der Waals surface area contributed by atoms with Gasteiger partial charge in [0.2, 0.25) is 5.91 Å². The SMILES string of the molecule is NC(=O)NC(CC(=O)N1CCc2ccccc2C1)c1ccccc1. The number of carbonyl (C=O) groups is 2. The number of amides is 3. The third kappa shape index (κ3) is 3.74. The van der Waals surface area contributed by atoms with Crippen LogP contribution in [-0.4, -0.2) is 23.4 Å². The topological polar surface area (TPSA) is 75.4 Å². The summed E-state index contributed by atoms with van der Waals surface area (Å²) in [6.45, 7) is 1.32. The van der Waals surface area contributed by atoms with Crippen molar-refractivity contribution in [2.45, 2.75) is 25.4 Å². The summed E-state index contributed by atoms with van der Waals surface area (Å²) in [6, 6.07) is 16.6. The lowest BCUT2D eigenvalue weighted by molar-refractivity contribution is -0.132. The highest BCUT2D eigenvalue weighted by atomic mass is 16.2. The summed E-state index contributed by atoms with van der Waals surface area (Å²) >= 11 is 0. The van der Waals surface area contributed by atoms with Crippen LogP contribution in [0.3, 0.4) is 0 Å². The summed E-state index contributed by atoms with van der Waals surface area (Å²) in [5.41, 5.74) is 8.64. The zero-order valence-corrected chi connectivity index (χ0v) is 13.4. The molecule has 0 saturated carbocycles. The second kappa shape index (κ2) is 7.17. The Morgan fingerprint density at radius 3 is 2.42 bits per heavy atom. The van der Waals surface area contributed by atoms with E-state index in [-0.39, 0.29) is 12.3 Å². The van der Waals surface area contributed by atoms with Crippen LogP contribution in [-0.2, 0) is 17.8 Å². The maximum atomic E-state index is 12.7. The molecule has 3 rings (SSSR count). The second-order valence-corrected chi connectivity index (χ2v) is 6.01. The zero-order valence-electron chi connectivity index (χ0n) is 13.4. The number of carbonyl (C=O) groups excluding carboxylic acids is 2. The Labute approximate surface area is 141 Å². The van der Waals surface area contributed by atoms with Crippen LogP contribution in [0.4, 0.5) is 4.79 Å². The van der Waals surface area contributed by atoms with E-state index < -0.39 is 12.1 Å². The molecule has 5 heteroatoms. The predicted molar refractivity (Wildman–Crippen MR) is 92.1 cm³/mol. The van der Waals surface area contributed by atoms with E-state index in [4.69, 9.17) is 5.73 Å². The lowest BCUT2D eigenvalue weighted by Crippen LogP contribution is -2.40. The first-order chi connectivity index (χ1) is 11.6. The van der Waals surface area contributed by atoms with Crippen LogP contribution in [0.15, 0.2) is 54.6 Å². The highest BCUT2D eigenvalue weighted by Crippen LogP contribution is 2.22. The Hall–Kier alpha value is -2.82. The van der Waals surface area contributed by atoms with E-state index in [9.17, 15) is 9.59 Å². The van der Waals surface area contributed by atoms with Crippen molar-refractivity contribution in [2.24, 2.45) is 5.73 Å². The van der Waals surface area contributed by atoms with Crippen molar-refractivity contribution in [3.63, 3.8) is 0 Å². The van der Waals surface area contributed by atoms with Crippen LogP contribution in [0.1, 0.15) is 29.2 Å². The van der Waals surface area contributed by atoms with Crippen LogP contribution < -0.4 is 11.1 Å². The van der Waals surface area contributed by atoms with Gasteiger partial charge in [-0.25, -0.2) is 4.79 Å². The number of nitrogens with two attached hydrogens (primary N) is 1. The molecule has 2 aromatic carbocycles. The molecule has 24 heavy (non-hydrogen) atoms. The van der Waals surface area contributed by atoms with Gasteiger partial charge in [-0.3, -0.25) is 4.79 Å². The minimum atomic E-state index is -0.624. The molecule has 0 saturated heterocycles. The zero-order chi connectivity index (χ0) is 16.9. The van der Waals surface area contributed by atoms with Crippen molar-refractivity contribution >= 4 is 11.9 Å². The average molecular weight is 323 g/mol. The summed E-state index contributed by atoms with van der Waals surface area (Å²) in [7, 11) is 0. The minimum Gasteiger partial charge on any atom is -0.352 e. The molecular weight excluding hydrogens is 302 g/mol. The van der Waals surface area contributed by atoms with E-state index in [0.29, 0.717) is 13.1 Å². The van der Waals surface area contributed by atoms with Crippen molar-refractivity contribution in [3.8, 4) is 0 Å². The molecule has 3 amide bonds. The number of hydrogen-bond donors (Lipinski definition) is 2. The van der Waals surface area contributed by atoms with Gasteiger partial charge in [-0.2, -0.15) is 0 Å². The fourth-order valence-electron chi connectivity index (χ4n) is 3.12.